The highest BCUT2D eigenvalue weighted by molar-refractivity contribution is 5.96. The molecule has 1 saturated heterocycles. The van der Waals surface area contributed by atoms with E-state index in [0.29, 0.717) is 12.1 Å². The maximum atomic E-state index is 13.4. The molecule has 1 saturated carbocycles. The summed E-state index contributed by atoms with van der Waals surface area (Å²) in [6.07, 6.45) is 2.29. The lowest BCUT2D eigenvalue weighted by Crippen LogP contribution is -2.46. The van der Waals surface area contributed by atoms with Crippen molar-refractivity contribution < 1.29 is 28.0 Å². The molecule has 9 nitrogen and oxygen atoms in total. The van der Waals surface area contributed by atoms with Gasteiger partial charge >= 0.3 is 17.1 Å². The molecule has 2 aliphatic rings. The van der Waals surface area contributed by atoms with Crippen molar-refractivity contribution in [3.8, 4) is 5.88 Å². The molecule has 32 heavy (non-hydrogen) atoms. The van der Waals surface area contributed by atoms with Gasteiger partial charge in [0.05, 0.1) is 31.4 Å². The van der Waals surface area contributed by atoms with E-state index in [1.165, 1.54) is 22.9 Å². The molecule has 1 aliphatic carbocycles. The van der Waals surface area contributed by atoms with Gasteiger partial charge in [0, 0.05) is 12.1 Å². The third-order valence-electron chi connectivity index (χ3n) is 5.56. The number of aromatic hydroxyl groups is 1. The smallest absolute Gasteiger partial charge is 0.378 e. The van der Waals surface area contributed by atoms with E-state index in [1.807, 2.05) is 13.8 Å². The molecular formula is C21H26F2N5O4+. The number of H-pyrrole nitrogens is 1. The normalized spacial score (nSPS) is 21.2. The van der Waals surface area contributed by atoms with E-state index in [9.17, 15) is 28.3 Å². The van der Waals surface area contributed by atoms with Crippen molar-refractivity contribution in [2.24, 2.45) is 5.92 Å². The van der Waals surface area contributed by atoms with Crippen molar-refractivity contribution in [2.45, 2.75) is 51.6 Å². The highest BCUT2D eigenvalue weighted by atomic mass is 19.2. The van der Waals surface area contributed by atoms with Crippen LogP contribution < -0.4 is 15.4 Å². The molecule has 3 N–H and O–H groups in total. The first kappa shape index (κ1) is 22.0. The van der Waals surface area contributed by atoms with Gasteiger partial charge in [0.1, 0.15) is 0 Å². The summed E-state index contributed by atoms with van der Waals surface area (Å²) in [6, 6.07) is 0.00659. The lowest BCUT2D eigenvalue weighted by molar-refractivity contribution is -0.686. The van der Waals surface area contributed by atoms with Crippen LogP contribution in [0.15, 0.2) is 17.1 Å². The molecule has 0 unspecified atom stereocenters. The molecule has 2 amide bonds. The first-order chi connectivity index (χ1) is 15.2. The van der Waals surface area contributed by atoms with E-state index in [2.05, 4.69) is 10.4 Å². The third-order valence-corrected chi connectivity index (χ3v) is 5.56. The van der Waals surface area contributed by atoms with Crippen molar-refractivity contribution in [3.63, 3.8) is 0 Å². The van der Waals surface area contributed by atoms with Crippen molar-refractivity contribution >= 4 is 23.5 Å². The van der Waals surface area contributed by atoms with Gasteiger partial charge in [-0.25, -0.2) is 18.7 Å². The van der Waals surface area contributed by atoms with Gasteiger partial charge in [-0.15, -0.1) is 0 Å². The summed E-state index contributed by atoms with van der Waals surface area (Å²) in [5.74, 6) is -1.59. The number of carbonyl (C=O) groups excluding carboxylic acids is 2. The zero-order chi connectivity index (χ0) is 23.2. The van der Waals surface area contributed by atoms with E-state index >= 15 is 0 Å². The minimum Gasteiger partial charge on any atom is -0.477 e. The number of alkyl halides is 2. The molecule has 2 aromatic heterocycles. The molecule has 0 spiro atoms. The van der Waals surface area contributed by atoms with Gasteiger partial charge in [0.15, 0.2) is 12.3 Å². The Balaban J connectivity index is 1.74. The summed E-state index contributed by atoms with van der Waals surface area (Å²) < 4.78 is 29.4. The molecule has 2 atom stereocenters. The Morgan fingerprint density at radius 1 is 1.31 bits per heavy atom. The molecule has 172 valence electrons. The average molecular weight is 450 g/mol. The number of rotatable bonds is 6. The van der Waals surface area contributed by atoms with Crippen LogP contribution in [0.1, 0.15) is 42.6 Å². The number of nitrogens with zero attached hydrogens (tertiary/aromatic N) is 3. The average Bonchev–Trinajstić information content (AvgIpc) is 3.32. The van der Waals surface area contributed by atoms with Crippen LogP contribution in [-0.4, -0.2) is 62.9 Å². The molecule has 4 rings (SSSR count). The number of likely N-dealkylation sites (tertiary alicyclic amines) is 1. The highest BCUT2D eigenvalue weighted by Gasteiger charge is 2.36. The summed E-state index contributed by atoms with van der Waals surface area (Å²) in [7, 11) is 0. The molecule has 0 radical (unpaired) electrons. The monoisotopic (exact) mass is 450 g/mol. The second-order valence-electron chi connectivity index (χ2n) is 8.75. The molecule has 11 heteroatoms. The predicted octanol–water partition coefficient (Wildman–Crippen LogP) is 0.701. The molecular weight excluding hydrogens is 424 g/mol. The van der Waals surface area contributed by atoms with Gasteiger partial charge in [0.2, 0.25) is 11.5 Å². The van der Waals surface area contributed by atoms with Gasteiger partial charge < -0.3 is 15.3 Å². The lowest BCUT2D eigenvalue weighted by Gasteiger charge is -2.11. The van der Waals surface area contributed by atoms with Crippen molar-refractivity contribution in [2.75, 3.05) is 13.1 Å². The number of carbonyl (C=O) groups is 2. The number of halogens is 2. The maximum absolute atomic E-state index is 13.4. The second-order valence-corrected chi connectivity index (χ2v) is 8.75. The summed E-state index contributed by atoms with van der Waals surface area (Å²) in [5, 5.41) is 16.3. The Bertz CT molecular complexity index is 1140. The number of fused-ring (bicyclic) bond motifs is 1. The van der Waals surface area contributed by atoms with Crippen LogP contribution in [0.25, 0.3) is 11.7 Å². The lowest BCUT2D eigenvalue weighted by atomic mass is 10.2. The first-order valence-electron chi connectivity index (χ1n) is 10.6. The number of aromatic nitrogens is 3. The van der Waals surface area contributed by atoms with Crippen LogP contribution in [0.3, 0.4) is 0 Å². The number of aromatic amines is 1. The second kappa shape index (κ2) is 8.36. The number of nitrogens with one attached hydrogen (secondary N) is 2. The van der Waals surface area contributed by atoms with Gasteiger partial charge in [-0.05, 0) is 24.8 Å². The zero-order valence-electron chi connectivity index (χ0n) is 17.8. The van der Waals surface area contributed by atoms with Gasteiger partial charge in [0.25, 0.3) is 5.91 Å². The molecule has 1 aliphatic heterocycles. The Labute approximate surface area is 182 Å². The summed E-state index contributed by atoms with van der Waals surface area (Å²) in [5.41, 5.74) is -0.417. The fourth-order valence-corrected chi connectivity index (χ4v) is 3.78. The molecule has 2 fully saturated rings. The molecule has 3 heterocycles. The largest absolute Gasteiger partial charge is 0.477 e. The SMILES string of the molecule is CC(C)C[n+]1c(O)c(C(=O)NC2CC2)c(=O)n2[nH]cc(/C=C/C(=O)N3C[C@@H](F)[C@@H](F)C3)c21. The topological polar surface area (TPSA) is 111 Å². The predicted molar refractivity (Wildman–Crippen MR) is 111 cm³/mol. The van der Waals surface area contributed by atoms with Crippen LogP contribution in [0.5, 0.6) is 5.88 Å². The fourth-order valence-electron chi connectivity index (χ4n) is 3.78. The van der Waals surface area contributed by atoms with Crippen molar-refractivity contribution in [1.29, 1.82) is 0 Å². The van der Waals surface area contributed by atoms with Crippen molar-refractivity contribution in [3.05, 3.63) is 33.8 Å². The van der Waals surface area contributed by atoms with Crippen LogP contribution in [0.4, 0.5) is 8.78 Å². The van der Waals surface area contributed by atoms with E-state index in [-0.39, 0.29) is 36.3 Å². The van der Waals surface area contributed by atoms with Crippen molar-refractivity contribution in [1.82, 2.24) is 19.8 Å². The number of hydrogen-bond donors (Lipinski definition) is 3. The fraction of sp³-hybridized carbons (Fsp3) is 0.524. The van der Waals surface area contributed by atoms with Crippen LogP contribution in [0, 0.1) is 5.92 Å². The van der Waals surface area contributed by atoms with Gasteiger partial charge in [-0.3, -0.25) is 9.59 Å². The maximum Gasteiger partial charge on any atom is 0.378 e. The summed E-state index contributed by atoms with van der Waals surface area (Å²) in [6.45, 7) is 3.50. The van der Waals surface area contributed by atoms with E-state index < -0.39 is 35.6 Å². The summed E-state index contributed by atoms with van der Waals surface area (Å²) >= 11 is 0. The van der Waals surface area contributed by atoms with Crippen LogP contribution in [-0.2, 0) is 11.3 Å². The minimum absolute atomic E-state index is 0.00659. The highest BCUT2D eigenvalue weighted by Crippen LogP contribution is 2.21. The van der Waals surface area contributed by atoms with E-state index in [0.717, 1.165) is 22.3 Å². The van der Waals surface area contributed by atoms with Crippen LogP contribution in [0.2, 0.25) is 0 Å². The van der Waals surface area contributed by atoms with E-state index in [1.54, 1.807) is 0 Å². The Hall–Kier alpha value is -3.24. The van der Waals surface area contributed by atoms with E-state index in [4.69, 9.17) is 0 Å². The number of hydrogen-bond acceptors (Lipinski definition) is 4. The minimum atomic E-state index is -1.70. The summed E-state index contributed by atoms with van der Waals surface area (Å²) in [4.78, 5) is 39.0. The Morgan fingerprint density at radius 2 is 1.97 bits per heavy atom. The zero-order valence-corrected chi connectivity index (χ0v) is 17.8. The van der Waals surface area contributed by atoms with Crippen LogP contribution >= 0.6 is 0 Å². The molecule has 2 aromatic rings. The standard InChI is InChI=1S/C21H25F2N5O4/c1-11(2)8-27-19-12(3-6-16(29)26-9-14(22)15(23)10-26)7-24-28(19)21(32)17(20(27)31)18(30)25-13-4-5-13/h3,6-7,11,13-15H,4-5,8-10H2,1-2H3,(H2,25,30,31,32)/p+1/b6-3+/t14-,15+. The molecule has 0 bridgehead atoms. The van der Waals surface area contributed by atoms with Gasteiger partial charge in [-0.2, -0.15) is 4.57 Å². The number of amides is 2. The first-order valence-corrected chi connectivity index (χ1v) is 10.6. The Kier molecular flexibility index (Phi) is 5.74. The molecule has 0 aromatic carbocycles. The Morgan fingerprint density at radius 3 is 2.56 bits per heavy atom. The quantitative estimate of drug-likeness (QED) is 0.445. The van der Waals surface area contributed by atoms with Gasteiger partial charge in [-0.1, -0.05) is 18.4 Å². The third kappa shape index (κ3) is 4.11.